The van der Waals surface area contributed by atoms with Crippen LogP contribution in [0.1, 0.15) is 17.0 Å². The first-order chi connectivity index (χ1) is 14.8. The van der Waals surface area contributed by atoms with Gasteiger partial charge in [0.1, 0.15) is 0 Å². The van der Waals surface area contributed by atoms with Gasteiger partial charge in [-0.1, -0.05) is 46.9 Å². The highest BCUT2D eigenvalue weighted by Crippen LogP contribution is 2.36. The molecule has 0 N–H and O–H groups in total. The van der Waals surface area contributed by atoms with Gasteiger partial charge in [-0.3, -0.25) is 4.79 Å². The molecule has 4 rings (SSSR count). The fraction of sp³-hybridized carbons (Fsp3) is 0.261. The van der Waals surface area contributed by atoms with Crippen molar-refractivity contribution in [3.63, 3.8) is 0 Å². The maximum atomic E-state index is 13.2. The van der Waals surface area contributed by atoms with E-state index in [2.05, 4.69) is 21.9 Å². The number of carbonyl (C=O) groups is 1. The summed E-state index contributed by atoms with van der Waals surface area (Å²) in [6.45, 7) is 1.80. The smallest absolute Gasteiger partial charge is 0.291 e. The molecule has 1 aliphatic heterocycles. The maximum absolute atomic E-state index is 13.2. The van der Waals surface area contributed by atoms with Crippen molar-refractivity contribution in [1.82, 2.24) is 19.8 Å². The Kier molecular flexibility index (Phi) is 6.49. The van der Waals surface area contributed by atoms with Crippen LogP contribution in [0.2, 0.25) is 15.1 Å². The van der Waals surface area contributed by atoms with Gasteiger partial charge in [0.05, 0.1) is 10.7 Å². The minimum Gasteiger partial charge on any atom is -0.335 e. The lowest BCUT2D eigenvalue weighted by molar-refractivity contribution is 0.0725. The minimum absolute atomic E-state index is 0.135. The second-order valence-corrected chi connectivity index (χ2v) is 8.99. The zero-order valence-electron chi connectivity index (χ0n) is 17.1. The summed E-state index contributed by atoms with van der Waals surface area (Å²) in [5.41, 5.74) is 2.87. The zero-order valence-corrected chi connectivity index (χ0v) is 19.4. The van der Waals surface area contributed by atoms with Gasteiger partial charge in [0, 0.05) is 47.0 Å². The van der Waals surface area contributed by atoms with Gasteiger partial charge in [-0.05, 0) is 55.9 Å². The predicted octanol–water partition coefficient (Wildman–Crippen LogP) is 5.55. The summed E-state index contributed by atoms with van der Waals surface area (Å²) in [7, 11) is 3.86. The SMILES string of the molecule is CN1CCC(N(C)C(=O)c2ncc(-c3ccc(Cl)cc3)c(-c3ccc(Cl)cc3Cl)n2)C1. The molecule has 2 heterocycles. The van der Waals surface area contributed by atoms with Crippen LogP contribution in [0.4, 0.5) is 0 Å². The summed E-state index contributed by atoms with van der Waals surface area (Å²) >= 11 is 18.6. The first-order valence-electron chi connectivity index (χ1n) is 9.87. The van der Waals surface area contributed by atoms with E-state index in [4.69, 9.17) is 34.8 Å². The van der Waals surface area contributed by atoms with Crippen LogP contribution in [-0.2, 0) is 0 Å². The van der Waals surface area contributed by atoms with Crippen molar-refractivity contribution in [1.29, 1.82) is 0 Å². The first-order valence-corrected chi connectivity index (χ1v) is 11.0. The number of aromatic nitrogens is 2. The Hall–Kier alpha value is -2.18. The lowest BCUT2D eigenvalue weighted by atomic mass is 10.0. The highest BCUT2D eigenvalue weighted by molar-refractivity contribution is 6.36. The van der Waals surface area contributed by atoms with E-state index in [1.807, 2.05) is 12.1 Å². The molecule has 3 aromatic rings. The molecule has 0 saturated carbocycles. The van der Waals surface area contributed by atoms with Crippen LogP contribution >= 0.6 is 34.8 Å². The fourth-order valence-corrected chi connectivity index (χ4v) is 4.39. The van der Waals surface area contributed by atoms with E-state index >= 15 is 0 Å². The lowest BCUT2D eigenvalue weighted by Crippen LogP contribution is -2.39. The van der Waals surface area contributed by atoms with Gasteiger partial charge in [-0.25, -0.2) is 9.97 Å². The molecule has 0 bridgehead atoms. The molecule has 8 heteroatoms. The average Bonchev–Trinajstić information content (AvgIpc) is 3.19. The van der Waals surface area contributed by atoms with E-state index in [9.17, 15) is 4.79 Å². The van der Waals surface area contributed by atoms with Crippen LogP contribution in [0, 0.1) is 0 Å². The topological polar surface area (TPSA) is 49.3 Å². The number of likely N-dealkylation sites (N-methyl/N-ethyl adjacent to an activating group) is 2. The molecule has 1 aromatic heterocycles. The number of rotatable bonds is 4. The second-order valence-electron chi connectivity index (χ2n) is 7.71. The number of nitrogens with zero attached hydrogens (tertiary/aromatic N) is 4. The summed E-state index contributed by atoms with van der Waals surface area (Å²) in [4.78, 5) is 26.2. The van der Waals surface area contributed by atoms with Gasteiger partial charge < -0.3 is 9.80 Å². The number of hydrogen-bond acceptors (Lipinski definition) is 4. The largest absolute Gasteiger partial charge is 0.335 e. The Bertz CT molecular complexity index is 1120. The Morgan fingerprint density at radius 2 is 1.77 bits per heavy atom. The summed E-state index contributed by atoms with van der Waals surface area (Å²) in [6.07, 6.45) is 2.59. The number of carbonyl (C=O) groups excluding carboxylic acids is 1. The van der Waals surface area contributed by atoms with Crippen molar-refractivity contribution in [3.05, 3.63) is 69.6 Å². The molecule has 1 unspecified atom stereocenters. The fourth-order valence-electron chi connectivity index (χ4n) is 3.76. The van der Waals surface area contributed by atoms with E-state index < -0.39 is 0 Å². The normalized spacial score (nSPS) is 16.5. The van der Waals surface area contributed by atoms with Crippen LogP contribution in [-0.4, -0.2) is 58.9 Å². The monoisotopic (exact) mass is 474 g/mol. The van der Waals surface area contributed by atoms with Gasteiger partial charge in [-0.2, -0.15) is 0 Å². The molecule has 0 aliphatic carbocycles. The third-order valence-electron chi connectivity index (χ3n) is 5.56. The van der Waals surface area contributed by atoms with Crippen molar-refractivity contribution in [3.8, 4) is 22.4 Å². The molecule has 31 heavy (non-hydrogen) atoms. The molecule has 160 valence electrons. The molecule has 1 amide bonds. The van der Waals surface area contributed by atoms with Gasteiger partial charge in [0.2, 0.25) is 5.82 Å². The van der Waals surface area contributed by atoms with Crippen molar-refractivity contribution in [2.45, 2.75) is 12.5 Å². The second kappa shape index (κ2) is 9.13. The van der Waals surface area contributed by atoms with Gasteiger partial charge >= 0.3 is 0 Å². The number of hydrogen-bond donors (Lipinski definition) is 0. The van der Waals surface area contributed by atoms with Crippen molar-refractivity contribution < 1.29 is 4.79 Å². The van der Waals surface area contributed by atoms with Crippen molar-refractivity contribution in [2.24, 2.45) is 0 Å². The van der Waals surface area contributed by atoms with Crippen LogP contribution in [0.15, 0.2) is 48.7 Å². The quantitative estimate of drug-likeness (QED) is 0.496. The van der Waals surface area contributed by atoms with Crippen LogP contribution < -0.4 is 0 Å². The average molecular weight is 476 g/mol. The van der Waals surface area contributed by atoms with Crippen LogP contribution in [0.5, 0.6) is 0 Å². The summed E-state index contributed by atoms with van der Waals surface area (Å²) in [5, 5.41) is 1.61. The highest BCUT2D eigenvalue weighted by atomic mass is 35.5. The molecule has 1 saturated heterocycles. The minimum atomic E-state index is -0.214. The number of benzene rings is 2. The number of amides is 1. The molecule has 5 nitrogen and oxygen atoms in total. The third-order valence-corrected chi connectivity index (χ3v) is 6.36. The summed E-state index contributed by atoms with van der Waals surface area (Å²) in [6, 6.07) is 12.7. The van der Waals surface area contributed by atoms with E-state index in [1.54, 1.807) is 48.5 Å². The molecular weight excluding hydrogens is 455 g/mol. The highest BCUT2D eigenvalue weighted by Gasteiger charge is 2.29. The van der Waals surface area contributed by atoms with E-state index in [1.165, 1.54) is 0 Å². The number of likely N-dealkylation sites (tertiary alicyclic amines) is 1. The predicted molar refractivity (Wildman–Crippen MR) is 126 cm³/mol. The molecule has 2 aromatic carbocycles. The van der Waals surface area contributed by atoms with E-state index in [0.717, 1.165) is 30.6 Å². The van der Waals surface area contributed by atoms with Crippen molar-refractivity contribution in [2.75, 3.05) is 27.2 Å². The van der Waals surface area contributed by atoms with Gasteiger partial charge in [0.15, 0.2) is 0 Å². The Labute approximate surface area is 196 Å². The standard InChI is InChI=1S/C23H21Cl3N4O/c1-29-10-9-17(13-29)30(2)23(31)22-27-12-19(14-3-5-15(24)6-4-14)21(28-22)18-8-7-16(25)11-20(18)26/h3-8,11-12,17H,9-10,13H2,1-2H3. The molecule has 0 spiro atoms. The Balaban J connectivity index is 1.79. The molecule has 1 atom stereocenters. The zero-order chi connectivity index (χ0) is 22.1. The summed E-state index contributed by atoms with van der Waals surface area (Å²) in [5.74, 6) is -0.0786. The van der Waals surface area contributed by atoms with Crippen molar-refractivity contribution >= 4 is 40.7 Å². The molecule has 0 radical (unpaired) electrons. The molecular formula is C23H21Cl3N4O. The third kappa shape index (κ3) is 4.70. The summed E-state index contributed by atoms with van der Waals surface area (Å²) < 4.78 is 0. The maximum Gasteiger partial charge on any atom is 0.291 e. The molecule has 1 aliphatic rings. The number of halogens is 3. The lowest BCUT2D eigenvalue weighted by Gasteiger charge is -2.24. The van der Waals surface area contributed by atoms with Gasteiger partial charge in [-0.15, -0.1) is 0 Å². The van der Waals surface area contributed by atoms with Crippen LogP contribution in [0.3, 0.4) is 0 Å². The van der Waals surface area contributed by atoms with E-state index in [0.29, 0.717) is 26.3 Å². The Morgan fingerprint density at radius 3 is 2.42 bits per heavy atom. The first kappa shape index (κ1) is 22.0. The van der Waals surface area contributed by atoms with Crippen LogP contribution in [0.25, 0.3) is 22.4 Å². The van der Waals surface area contributed by atoms with E-state index in [-0.39, 0.29) is 17.8 Å². The molecule has 1 fully saturated rings. The Morgan fingerprint density at radius 1 is 1.06 bits per heavy atom. The van der Waals surface area contributed by atoms with Gasteiger partial charge in [0.25, 0.3) is 5.91 Å².